The van der Waals surface area contributed by atoms with Gasteiger partial charge < -0.3 is 15.0 Å². The number of carbonyl (C=O) groups is 2. The molecule has 0 saturated carbocycles. The summed E-state index contributed by atoms with van der Waals surface area (Å²) in [6.45, 7) is 1.98. The lowest BCUT2D eigenvalue weighted by molar-refractivity contribution is -0.140. The minimum atomic E-state index is -3.57. The highest BCUT2D eigenvalue weighted by molar-refractivity contribution is 7.92. The summed E-state index contributed by atoms with van der Waals surface area (Å²) in [7, 11) is -0.497. The largest absolute Gasteiger partial charge is 0.497 e. The lowest BCUT2D eigenvalue weighted by Crippen LogP contribution is -2.46. The fourth-order valence-electron chi connectivity index (χ4n) is 3.39. The Bertz CT molecular complexity index is 1080. The van der Waals surface area contributed by atoms with E-state index in [1.165, 1.54) is 16.3 Å². The first-order valence-electron chi connectivity index (χ1n) is 10.4. The van der Waals surface area contributed by atoms with Crippen molar-refractivity contribution in [2.75, 3.05) is 31.3 Å². The van der Waals surface area contributed by atoms with Crippen molar-refractivity contribution in [3.8, 4) is 5.75 Å². The Morgan fingerprint density at radius 3 is 2.45 bits per heavy atom. The molecule has 0 radical (unpaired) electrons. The van der Waals surface area contributed by atoms with Crippen LogP contribution < -0.4 is 14.4 Å². The second-order valence-corrected chi connectivity index (χ2v) is 9.93. The third kappa shape index (κ3) is 7.64. The molecule has 0 aliphatic rings. The van der Waals surface area contributed by atoms with Crippen LogP contribution in [0.5, 0.6) is 5.75 Å². The van der Waals surface area contributed by atoms with Gasteiger partial charge in [-0.3, -0.25) is 13.9 Å². The van der Waals surface area contributed by atoms with Crippen molar-refractivity contribution in [2.24, 2.45) is 0 Å². The minimum absolute atomic E-state index is 0.0673. The van der Waals surface area contributed by atoms with E-state index < -0.39 is 16.1 Å². The summed E-state index contributed by atoms with van der Waals surface area (Å²) in [6, 6.07) is 13.1. The number of halogens is 1. The van der Waals surface area contributed by atoms with E-state index in [0.717, 1.165) is 11.8 Å². The zero-order valence-corrected chi connectivity index (χ0v) is 20.8. The maximum Gasteiger partial charge on any atom is 0.242 e. The van der Waals surface area contributed by atoms with E-state index in [4.69, 9.17) is 16.3 Å². The summed E-state index contributed by atoms with van der Waals surface area (Å²) in [4.78, 5) is 26.9. The number of hydrogen-bond acceptors (Lipinski definition) is 5. The highest BCUT2D eigenvalue weighted by Crippen LogP contribution is 2.23. The molecule has 2 rings (SSSR count). The van der Waals surface area contributed by atoms with Gasteiger partial charge in [0.2, 0.25) is 21.8 Å². The number of benzene rings is 2. The summed E-state index contributed by atoms with van der Waals surface area (Å²) < 4.78 is 31.1. The number of nitrogens with zero attached hydrogens (tertiary/aromatic N) is 2. The Morgan fingerprint density at radius 2 is 1.85 bits per heavy atom. The zero-order valence-electron chi connectivity index (χ0n) is 19.2. The lowest BCUT2D eigenvalue weighted by atomic mass is 10.1. The molecule has 0 unspecified atom stereocenters. The van der Waals surface area contributed by atoms with Crippen LogP contribution in [0.25, 0.3) is 0 Å². The number of methoxy groups -OCH3 is 1. The SMILES string of the molecule is CNC(=O)[C@H](C)N(Cc1cccc(OC)c1)C(=O)CCCN(c1cccc(Cl)c1)S(C)(=O)=O. The predicted octanol–water partition coefficient (Wildman–Crippen LogP) is 3.06. The number of sulfonamides is 1. The summed E-state index contributed by atoms with van der Waals surface area (Å²) >= 11 is 6.01. The maximum atomic E-state index is 13.1. The van der Waals surface area contributed by atoms with Crippen LogP contribution >= 0.6 is 11.6 Å². The molecular formula is C23H30ClN3O5S. The second kappa shape index (κ2) is 11.9. The smallest absolute Gasteiger partial charge is 0.242 e. The predicted molar refractivity (Wildman–Crippen MR) is 130 cm³/mol. The Balaban J connectivity index is 2.16. The average Bonchev–Trinajstić information content (AvgIpc) is 2.78. The van der Waals surface area contributed by atoms with Gasteiger partial charge in [-0.05, 0) is 49.2 Å². The molecule has 2 aromatic carbocycles. The van der Waals surface area contributed by atoms with Crippen molar-refractivity contribution >= 4 is 39.1 Å². The van der Waals surface area contributed by atoms with Crippen LogP contribution in [0.2, 0.25) is 5.02 Å². The molecule has 0 spiro atoms. The minimum Gasteiger partial charge on any atom is -0.497 e. The van der Waals surface area contributed by atoms with E-state index in [1.54, 1.807) is 50.4 Å². The molecule has 0 saturated heterocycles. The summed E-state index contributed by atoms with van der Waals surface area (Å²) in [5.41, 5.74) is 1.25. The topological polar surface area (TPSA) is 96.0 Å². The van der Waals surface area contributed by atoms with Crippen molar-refractivity contribution in [3.05, 3.63) is 59.1 Å². The first kappa shape index (κ1) is 26.5. The Labute approximate surface area is 200 Å². The van der Waals surface area contributed by atoms with E-state index in [-0.39, 0.29) is 37.7 Å². The first-order chi connectivity index (χ1) is 15.6. The molecule has 0 aromatic heterocycles. The van der Waals surface area contributed by atoms with Gasteiger partial charge in [0.05, 0.1) is 19.1 Å². The van der Waals surface area contributed by atoms with Crippen LogP contribution in [0.4, 0.5) is 5.69 Å². The van der Waals surface area contributed by atoms with Gasteiger partial charge >= 0.3 is 0 Å². The second-order valence-electron chi connectivity index (χ2n) is 7.58. The Kier molecular flexibility index (Phi) is 9.55. The van der Waals surface area contributed by atoms with Gasteiger partial charge in [-0.1, -0.05) is 29.8 Å². The molecule has 0 bridgehead atoms. The van der Waals surface area contributed by atoms with Gasteiger partial charge in [0, 0.05) is 31.6 Å². The monoisotopic (exact) mass is 495 g/mol. The standard InChI is InChI=1S/C23H30ClN3O5S/c1-17(23(29)25-2)26(16-18-8-5-11-21(14-18)32-3)22(28)12-7-13-27(33(4,30)31)20-10-6-9-19(24)15-20/h5-6,8-11,14-15,17H,7,12-13,16H2,1-4H3,(H,25,29)/t17-/m0/s1. The van der Waals surface area contributed by atoms with Gasteiger partial charge in [-0.2, -0.15) is 0 Å². The Hall–Kier alpha value is -2.78. The quantitative estimate of drug-likeness (QED) is 0.517. The first-order valence-corrected chi connectivity index (χ1v) is 12.7. The van der Waals surface area contributed by atoms with E-state index >= 15 is 0 Å². The van der Waals surface area contributed by atoms with Gasteiger partial charge in [0.25, 0.3) is 0 Å². The fourth-order valence-corrected chi connectivity index (χ4v) is 4.54. The van der Waals surface area contributed by atoms with E-state index in [0.29, 0.717) is 16.5 Å². The van der Waals surface area contributed by atoms with Gasteiger partial charge in [-0.25, -0.2) is 8.42 Å². The van der Waals surface area contributed by atoms with Gasteiger partial charge in [-0.15, -0.1) is 0 Å². The molecule has 0 aliphatic carbocycles. The highest BCUT2D eigenvalue weighted by Gasteiger charge is 2.26. The molecule has 2 aromatic rings. The number of anilines is 1. The molecule has 8 nitrogen and oxygen atoms in total. The fraction of sp³-hybridized carbons (Fsp3) is 0.391. The molecule has 1 atom stereocenters. The molecule has 1 N–H and O–H groups in total. The number of rotatable bonds is 11. The number of ether oxygens (including phenoxy) is 1. The van der Waals surface area contributed by atoms with E-state index in [1.807, 2.05) is 12.1 Å². The third-order valence-electron chi connectivity index (χ3n) is 5.15. The average molecular weight is 496 g/mol. The molecule has 0 heterocycles. The van der Waals surface area contributed by atoms with Crippen molar-refractivity contribution in [1.29, 1.82) is 0 Å². The van der Waals surface area contributed by atoms with E-state index in [9.17, 15) is 18.0 Å². The number of nitrogens with one attached hydrogen (secondary N) is 1. The maximum absolute atomic E-state index is 13.1. The number of amides is 2. The normalized spacial score (nSPS) is 12.0. The molecular weight excluding hydrogens is 466 g/mol. The molecule has 0 fully saturated rings. The molecule has 180 valence electrons. The third-order valence-corrected chi connectivity index (χ3v) is 6.58. The van der Waals surface area contributed by atoms with Crippen LogP contribution in [0.3, 0.4) is 0 Å². The number of likely N-dealkylation sites (N-methyl/N-ethyl adjacent to an activating group) is 1. The molecule has 33 heavy (non-hydrogen) atoms. The van der Waals surface area contributed by atoms with Crippen molar-refractivity contribution in [1.82, 2.24) is 10.2 Å². The Morgan fingerprint density at radius 1 is 1.15 bits per heavy atom. The molecule has 10 heteroatoms. The summed E-state index contributed by atoms with van der Waals surface area (Å²) in [5, 5.41) is 2.99. The van der Waals surface area contributed by atoms with Crippen LogP contribution in [0.15, 0.2) is 48.5 Å². The van der Waals surface area contributed by atoms with Gasteiger partial charge in [0.1, 0.15) is 11.8 Å². The van der Waals surface area contributed by atoms with Crippen molar-refractivity contribution < 1.29 is 22.7 Å². The van der Waals surface area contributed by atoms with Crippen molar-refractivity contribution in [3.63, 3.8) is 0 Å². The van der Waals surface area contributed by atoms with Gasteiger partial charge in [0.15, 0.2) is 0 Å². The number of hydrogen-bond donors (Lipinski definition) is 1. The lowest BCUT2D eigenvalue weighted by Gasteiger charge is -2.29. The van der Waals surface area contributed by atoms with Crippen molar-refractivity contribution in [2.45, 2.75) is 32.4 Å². The summed E-state index contributed by atoms with van der Waals surface area (Å²) in [5.74, 6) is 0.106. The summed E-state index contributed by atoms with van der Waals surface area (Å²) in [6.07, 6.45) is 1.45. The molecule has 0 aliphatic heterocycles. The highest BCUT2D eigenvalue weighted by atomic mass is 35.5. The van der Waals surface area contributed by atoms with Crippen LogP contribution in [-0.2, 0) is 26.2 Å². The van der Waals surface area contributed by atoms with Crippen LogP contribution in [0, 0.1) is 0 Å². The van der Waals surface area contributed by atoms with Crippen LogP contribution in [-0.4, -0.2) is 58.1 Å². The molecule has 2 amide bonds. The zero-order chi connectivity index (χ0) is 24.6. The number of carbonyl (C=O) groups excluding carboxylic acids is 2. The van der Waals surface area contributed by atoms with Crippen LogP contribution in [0.1, 0.15) is 25.3 Å². The van der Waals surface area contributed by atoms with E-state index in [2.05, 4.69) is 5.32 Å².